The van der Waals surface area contributed by atoms with Gasteiger partial charge in [0.05, 0.1) is 11.4 Å². The Bertz CT molecular complexity index is 948. The number of nitrogens with one attached hydrogen (secondary N) is 1. The van der Waals surface area contributed by atoms with Crippen molar-refractivity contribution in [2.24, 2.45) is 4.99 Å². The second-order valence-corrected chi connectivity index (χ2v) is 7.82. The molecule has 0 radical (unpaired) electrons. The van der Waals surface area contributed by atoms with Crippen LogP contribution in [0.25, 0.3) is 0 Å². The van der Waals surface area contributed by atoms with E-state index in [0.29, 0.717) is 5.71 Å². The first-order valence-electron chi connectivity index (χ1n) is 8.63. The van der Waals surface area contributed by atoms with Gasteiger partial charge in [0.25, 0.3) is 0 Å². The minimum Gasteiger partial charge on any atom is -0.358 e. The lowest BCUT2D eigenvalue weighted by Crippen LogP contribution is -2.32. The number of carbonyl (C=O) groups excluding carboxylic acids is 1. The van der Waals surface area contributed by atoms with Gasteiger partial charge in [0.15, 0.2) is 0 Å². The van der Waals surface area contributed by atoms with Crippen molar-refractivity contribution < 1.29 is 4.79 Å². The Morgan fingerprint density at radius 3 is 2.24 bits per heavy atom. The number of hydrogen-bond donors (Lipinski definition) is 1. The number of fused-ring (bicyclic) bond motifs is 2. The predicted octanol–water partition coefficient (Wildman–Crippen LogP) is 4.91. The molecule has 3 nitrogen and oxygen atoms in total. The fraction of sp³-hybridized carbons (Fsp3) is 0.273. The highest BCUT2D eigenvalue weighted by Gasteiger charge is 2.40. The average Bonchev–Trinajstić information content (AvgIpc) is 2.99. The Labute approximate surface area is 148 Å². The lowest BCUT2D eigenvalue weighted by Gasteiger charge is -2.22. The molecule has 0 unspecified atom stereocenters. The van der Waals surface area contributed by atoms with Gasteiger partial charge in [-0.3, -0.25) is 4.79 Å². The summed E-state index contributed by atoms with van der Waals surface area (Å²) in [4.78, 5) is 17.7. The van der Waals surface area contributed by atoms with Crippen molar-refractivity contribution >= 4 is 22.9 Å². The summed E-state index contributed by atoms with van der Waals surface area (Å²) in [6.07, 6.45) is 1.73. The Morgan fingerprint density at radius 1 is 0.920 bits per heavy atom. The lowest BCUT2D eigenvalue weighted by molar-refractivity contribution is -0.109. The van der Waals surface area contributed by atoms with Gasteiger partial charge in [0, 0.05) is 28.3 Å². The van der Waals surface area contributed by atoms with Crippen molar-refractivity contribution in [3.8, 4) is 0 Å². The fourth-order valence-electron chi connectivity index (χ4n) is 3.85. The molecule has 2 aliphatic rings. The van der Waals surface area contributed by atoms with Gasteiger partial charge in [0.2, 0.25) is 5.78 Å². The third-order valence-electron chi connectivity index (χ3n) is 5.45. The Balaban J connectivity index is 1.72. The number of rotatable bonds is 2. The van der Waals surface area contributed by atoms with E-state index in [-0.39, 0.29) is 16.6 Å². The van der Waals surface area contributed by atoms with E-state index in [9.17, 15) is 4.79 Å². The third kappa shape index (κ3) is 2.26. The zero-order chi connectivity index (χ0) is 17.8. The van der Waals surface area contributed by atoms with Crippen LogP contribution < -0.4 is 5.32 Å². The van der Waals surface area contributed by atoms with Crippen molar-refractivity contribution in [2.45, 2.75) is 38.5 Å². The average molecular weight is 330 g/mol. The molecule has 25 heavy (non-hydrogen) atoms. The van der Waals surface area contributed by atoms with E-state index in [1.807, 2.05) is 30.3 Å². The van der Waals surface area contributed by atoms with Gasteiger partial charge in [0.1, 0.15) is 0 Å². The van der Waals surface area contributed by atoms with Gasteiger partial charge in [-0.05, 0) is 37.1 Å². The second-order valence-electron chi connectivity index (χ2n) is 7.82. The smallest absolute Gasteiger partial charge is 0.202 e. The summed E-state index contributed by atoms with van der Waals surface area (Å²) in [7, 11) is 0. The molecule has 0 atom stereocenters. The molecule has 0 fully saturated rings. The van der Waals surface area contributed by atoms with Gasteiger partial charge in [-0.1, -0.05) is 50.2 Å². The summed E-state index contributed by atoms with van der Waals surface area (Å²) in [6, 6.07) is 16.2. The van der Waals surface area contributed by atoms with Gasteiger partial charge >= 0.3 is 0 Å². The lowest BCUT2D eigenvalue weighted by atomic mass is 9.79. The van der Waals surface area contributed by atoms with E-state index in [0.717, 1.165) is 22.6 Å². The first-order valence-corrected chi connectivity index (χ1v) is 8.63. The molecular weight excluding hydrogens is 308 g/mol. The molecule has 1 N–H and O–H groups in total. The monoisotopic (exact) mass is 330 g/mol. The Morgan fingerprint density at radius 2 is 1.56 bits per heavy atom. The number of carbonyl (C=O) groups is 1. The van der Waals surface area contributed by atoms with Crippen molar-refractivity contribution in [3.63, 3.8) is 0 Å². The predicted molar refractivity (Wildman–Crippen MR) is 103 cm³/mol. The van der Waals surface area contributed by atoms with Gasteiger partial charge in [-0.2, -0.15) is 0 Å². The van der Waals surface area contributed by atoms with Crippen molar-refractivity contribution in [1.29, 1.82) is 0 Å². The highest BCUT2D eigenvalue weighted by atomic mass is 16.1. The molecule has 2 aliphatic heterocycles. The topological polar surface area (TPSA) is 41.5 Å². The van der Waals surface area contributed by atoms with Crippen molar-refractivity contribution in [3.05, 3.63) is 71.4 Å². The molecule has 126 valence electrons. The summed E-state index contributed by atoms with van der Waals surface area (Å²) in [5.41, 5.74) is 5.23. The number of anilines is 1. The highest BCUT2D eigenvalue weighted by Crippen LogP contribution is 2.44. The minimum atomic E-state index is -0.375. The highest BCUT2D eigenvalue weighted by molar-refractivity contribution is 6.48. The normalized spacial score (nSPS) is 20.6. The molecular formula is C22H22N2O. The van der Waals surface area contributed by atoms with E-state index in [1.165, 1.54) is 5.56 Å². The molecule has 0 spiro atoms. The standard InChI is InChI=1S/C22H22N2O/c1-21(2)14-9-5-7-11-16(14)23-19(21)13-18(25)20-22(3,4)15-10-6-8-12-17(15)24-20/h5-13,23H,1-4H3/b19-13-. The number of para-hydroxylation sites is 2. The summed E-state index contributed by atoms with van der Waals surface area (Å²) >= 11 is 0. The molecule has 0 aliphatic carbocycles. The maximum Gasteiger partial charge on any atom is 0.202 e. The summed E-state index contributed by atoms with van der Waals surface area (Å²) in [6.45, 7) is 8.41. The number of aliphatic imine (C=N–C) groups is 1. The largest absolute Gasteiger partial charge is 0.358 e. The molecule has 0 bridgehead atoms. The van der Waals surface area contributed by atoms with E-state index < -0.39 is 0 Å². The number of ketones is 1. The maximum absolute atomic E-state index is 13.1. The molecule has 0 saturated carbocycles. The summed E-state index contributed by atoms with van der Waals surface area (Å²) < 4.78 is 0. The van der Waals surface area contributed by atoms with Gasteiger partial charge in [-0.25, -0.2) is 4.99 Å². The van der Waals surface area contributed by atoms with Crippen LogP contribution in [0, 0.1) is 0 Å². The zero-order valence-corrected chi connectivity index (χ0v) is 15.1. The number of hydrogen-bond acceptors (Lipinski definition) is 3. The van der Waals surface area contributed by atoms with Gasteiger partial charge in [-0.15, -0.1) is 0 Å². The van der Waals surface area contributed by atoms with Gasteiger partial charge < -0.3 is 5.32 Å². The molecule has 0 saturated heterocycles. The molecule has 2 aromatic carbocycles. The van der Waals surface area contributed by atoms with Crippen molar-refractivity contribution in [1.82, 2.24) is 0 Å². The number of benzene rings is 2. The van der Waals surface area contributed by atoms with Crippen LogP contribution in [0.5, 0.6) is 0 Å². The summed E-state index contributed by atoms with van der Waals surface area (Å²) in [5.74, 6) is -0.0235. The molecule has 2 heterocycles. The van der Waals surface area contributed by atoms with Crippen LogP contribution in [0.15, 0.2) is 65.3 Å². The SMILES string of the molecule is CC1(C)C(C(=O)/C=C2\Nc3ccccc3C2(C)C)=Nc2ccccc21. The first kappa shape index (κ1) is 15.8. The number of allylic oxidation sites excluding steroid dienone is 2. The van der Waals surface area contributed by atoms with Crippen LogP contribution in [-0.4, -0.2) is 11.5 Å². The molecule has 2 aromatic rings. The van der Waals surface area contributed by atoms with Crippen molar-refractivity contribution in [2.75, 3.05) is 5.32 Å². The zero-order valence-electron chi connectivity index (χ0n) is 15.1. The molecule has 3 heteroatoms. The molecule has 4 rings (SSSR count). The second kappa shape index (κ2) is 5.16. The van der Waals surface area contributed by atoms with Crippen LogP contribution in [-0.2, 0) is 15.6 Å². The summed E-state index contributed by atoms with van der Waals surface area (Å²) in [5, 5.41) is 3.41. The molecule has 0 aromatic heterocycles. The minimum absolute atomic E-state index is 0.0235. The Kier molecular flexibility index (Phi) is 3.26. The maximum atomic E-state index is 13.1. The third-order valence-corrected chi connectivity index (χ3v) is 5.45. The van der Waals surface area contributed by atoms with Crippen LogP contribution >= 0.6 is 0 Å². The van der Waals surface area contributed by atoms with E-state index in [1.54, 1.807) is 6.08 Å². The van der Waals surface area contributed by atoms with E-state index >= 15 is 0 Å². The fourth-order valence-corrected chi connectivity index (χ4v) is 3.85. The number of nitrogens with zero attached hydrogens (tertiary/aromatic N) is 1. The van der Waals surface area contributed by atoms with E-state index in [2.05, 4.69) is 56.2 Å². The molecule has 0 amide bonds. The van der Waals surface area contributed by atoms with E-state index in [4.69, 9.17) is 0 Å². The first-order chi connectivity index (χ1) is 11.8. The van der Waals surface area contributed by atoms with Crippen LogP contribution in [0.1, 0.15) is 38.8 Å². The van der Waals surface area contributed by atoms with Crippen LogP contribution in [0.3, 0.4) is 0 Å². The van der Waals surface area contributed by atoms with Crippen LogP contribution in [0.2, 0.25) is 0 Å². The quantitative estimate of drug-likeness (QED) is 0.795. The van der Waals surface area contributed by atoms with Crippen LogP contribution in [0.4, 0.5) is 11.4 Å². The Hall–Kier alpha value is -2.68.